The smallest absolute Gasteiger partial charge is 0.363 e. The van der Waals surface area contributed by atoms with Gasteiger partial charge in [0.1, 0.15) is 6.33 Å². The van der Waals surface area contributed by atoms with Crippen LogP contribution in [0.3, 0.4) is 0 Å². The Kier molecular flexibility index (Phi) is 3.63. The van der Waals surface area contributed by atoms with Crippen molar-refractivity contribution in [3.8, 4) is 5.88 Å². The van der Waals surface area contributed by atoms with Gasteiger partial charge < -0.3 is 4.74 Å². The first-order chi connectivity index (χ1) is 8.72. The number of nitrogens with zero attached hydrogens (tertiary/aromatic N) is 5. The van der Waals surface area contributed by atoms with E-state index in [1.54, 1.807) is 18.5 Å². The molecule has 0 N–H and O–H groups in total. The minimum absolute atomic E-state index is 0.0894. The van der Waals surface area contributed by atoms with Crippen LogP contribution in [-0.2, 0) is 0 Å². The molecule has 18 heavy (non-hydrogen) atoms. The van der Waals surface area contributed by atoms with Crippen molar-refractivity contribution in [2.45, 2.75) is 10.2 Å². The Morgan fingerprint density at radius 2 is 2.00 bits per heavy atom. The highest BCUT2D eigenvalue weighted by Crippen LogP contribution is 2.35. The number of hydrogen-bond donors (Lipinski definition) is 0. The summed E-state index contributed by atoms with van der Waals surface area (Å²) >= 11 is 0.977. The third-order valence-corrected chi connectivity index (χ3v) is 2.75. The van der Waals surface area contributed by atoms with Gasteiger partial charge in [0.15, 0.2) is 10.2 Å². The predicted octanol–water partition coefficient (Wildman–Crippen LogP) is 1.33. The molecule has 2 aromatic rings. The second kappa shape index (κ2) is 5.36. The lowest BCUT2D eigenvalue weighted by atomic mass is 10.5. The van der Waals surface area contributed by atoms with Crippen LogP contribution in [0.5, 0.6) is 5.88 Å². The number of rotatable bonds is 4. The van der Waals surface area contributed by atoms with Crippen molar-refractivity contribution in [2.75, 3.05) is 7.11 Å². The summed E-state index contributed by atoms with van der Waals surface area (Å²) in [6.45, 7) is 0. The highest BCUT2D eigenvalue weighted by atomic mass is 32.2. The van der Waals surface area contributed by atoms with Gasteiger partial charge in [-0.3, -0.25) is 10.1 Å². The maximum Gasteiger partial charge on any atom is 0.363 e. The molecule has 2 heterocycles. The number of aromatic nitrogens is 4. The van der Waals surface area contributed by atoms with E-state index < -0.39 is 4.92 Å². The number of nitro groups is 1. The third-order valence-electron chi connectivity index (χ3n) is 1.86. The summed E-state index contributed by atoms with van der Waals surface area (Å²) in [6, 6.07) is 1.65. The molecule has 0 fully saturated rings. The Bertz CT molecular complexity index is 565. The molecule has 0 bridgehead atoms. The quantitative estimate of drug-likeness (QED) is 0.353. The summed E-state index contributed by atoms with van der Waals surface area (Å²) in [5, 5.41) is 11.5. The molecule has 9 heteroatoms. The van der Waals surface area contributed by atoms with Crippen molar-refractivity contribution >= 4 is 17.4 Å². The highest BCUT2D eigenvalue weighted by molar-refractivity contribution is 7.99. The van der Waals surface area contributed by atoms with E-state index in [2.05, 4.69) is 19.9 Å². The molecule has 2 aromatic heterocycles. The molecule has 0 unspecified atom stereocenters. The van der Waals surface area contributed by atoms with Crippen molar-refractivity contribution in [3.05, 3.63) is 34.9 Å². The molecule has 0 atom stereocenters. The first-order valence-electron chi connectivity index (χ1n) is 4.70. The zero-order valence-electron chi connectivity index (χ0n) is 9.18. The molecule has 0 spiro atoms. The Labute approximate surface area is 106 Å². The largest absolute Gasteiger partial charge is 0.476 e. The maximum absolute atomic E-state index is 11.0. The van der Waals surface area contributed by atoms with Gasteiger partial charge in [0.05, 0.1) is 12.0 Å². The molecule has 0 aromatic carbocycles. The third kappa shape index (κ3) is 2.51. The molecule has 0 amide bonds. The second-order valence-electron chi connectivity index (χ2n) is 2.93. The van der Waals surface area contributed by atoms with E-state index in [4.69, 9.17) is 4.74 Å². The molecule has 0 radical (unpaired) electrons. The van der Waals surface area contributed by atoms with Crippen molar-refractivity contribution < 1.29 is 9.66 Å². The molecule has 0 aliphatic heterocycles. The zero-order chi connectivity index (χ0) is 13.0. The monoisotopic (exact) mass is 265 g/mol. The summed E-state index contributed by atoms with van der Waals surface area (Å²) in [4.78, 5) is 25.9. The SMILES string of the molecule is COc1ncnc(Sc2ncccn2)c1[N+](=O)[O-]. The van der Waals surface area contributed by atoms with Crippen LogP contribution < -0.4 is 4.74 Å². The lowest BCUT2D eigenvalue weighted by molar-refractivity contribution is -0.389. The minimum Gasteiger partial charge on any atom is -0.476 e. The molecular weight excluding hydrogens is 258 g/mol. The Morgan fingerprint density at radius 3 is 2.61 bits per heavy atom. The highest BCUT2D eigenvalue weighted by Gasteiger charge is 2.25. The lowest BCUT2D eigenvalue weighted by Gasteiger charge is -2.03. The lowest BCUT2D eigenvalue weighted by Crippen LogP contribution is -2.00. The van der Waals surface area contributed by atoms with E-state index in [1.165, 1.54) is 13.4 Å². The van der Waals surface area contributed by atoms with Crippen LogP contribution >= 0.6 is 11.8 Å². The molecule has 0 saturated carbocycles. The normalized spacial score (nSPS) is 10.1. The Morgan fingerprint density at radius 1 is 1.28 bits per heavy atom. The fourth-order valence-corrected chi connectivity index (χ4v) is 1.91. The van der Waals surface area contributed by atoms with E-state index in [-0.39, 0.29) is 16.6 Å². The summed E-state index contributed by atoms with van der Waals surface area (Å²) in [6.07, 6.45) is 4.27. The molecular formula is C9H7N5O3S. The van der Waals surface area contributed by atoms with Crippen molar-refractivity contribution in [2.24, 2.45) is 0 Å². The standard InChI is InChI=1S/C9H7N5O3S/c1-17-7-6(14(15)16)8(13-5-12-7)18-9-10-3-2-4-11-9/h2-5H,1H3. The Hall–Kier alpha value is -2.29. The fraction of sp³-hybridized carbons (Fsp3) is 0.111. The van der Waals surface area contributed by atoms with Gasteiger partial charge in [0.25, 0.3) is 5.88 Å². The summed E-state index contributed by atoms with van der Waals surface area (Å²) in [5.41, 5.74) is -0.294. The van der Waals surface area contributed by atoms with Crippen molar-refractivity contribution in [1.29, 1.82) is 0 Å². The fourth-order valence-electron chi connectivity index (χ4n) is 1.15. The van der Waals surface area contributed by atoms with E-state index in [9.17, 15) is 10.1 Å². The van der Waals surface area contributed by atoms with E-state index in [0.717, 1.165) is 11.8 Å². The summed E-state index contributed by atoms with van der Waals surface area (Å²) in [5.74, 6) is -0.0894. The van der Waals surface area contributed by atoms with Gasteiger partial charge in [-0.2, -0.15) is 4.98 Å². The van der Waals surface area contributed by atoms with Crippen LogP contribution in [0.2, 0.25) is 0 Å². The van der Waals surface area contributed by atoms with Gasteiger partial charge in [-0.1, -0.05) is 0 Å². The van der Waals surface area contributed by atoms with E-state index >= 15 is 0 Å². The number of hydrogen-bond acceptors (Lipinski definition) is 8. The molecule has 92 valence electrons. The van der Waals surface area contributed by atoms with E-state index in [1.807, 2.05) is 0 Å². The average molecular weight is 265 g/mol. The zero-order valence-corrected chi connectivity index (χ0v) is 9.99. The first-order valence-corrected chi connectivity index (χ1v) is 5.52. The van der Waals surface area contributed by atoms with Gasteiger partial charge in [0, 0.05) is 12.4 Å². The van der Waals surface area contributed by atoms with Crippen molar-refractivity contribution in [3.63, 3.8) is 0 Å². The predicted molar refractivity (Wildman–Crippen MR) is 61.4 cm³/mol. The number of methoxy groups -OCH3 is 1. The Balaban J connectivity index is 2.42. The summed E-state index contributed by atoms with van der Waals surface area (Å²) in [7, 11) is 1.31. The minimum atomic E-state index is -0.593. The van der Waals surface area contributed by atoms with Gasteiger partial charge in [-0.05, 0) is 17.8 Å². The number of ether oxygens (including phenoxy) is 1. The molecule has 0 saturated heterocycles. The molecule has 0 aliphatic rings. The van der Waals surface area contributed by atoms with Gasteiger partial charge in [-0.25, -0.2) is 15.0 Å². The topological polar surface area (TPSA) is 104 Å². The van der Waals surface area contributed by atoms with Crippen LogP contribution in [0, 0.1) is 10.1 Å². The maximum atomic E-state index is 11.0. The van der Waals surface area contributed by atoms with E-state index in [0.29, 0.717) is 5.16 Å². The first kappa shape index (κ1) is 12.2. The van der Waals surface area contributed by atoms with Gasteiger partial charge in [0.2, 0.25) is 0 Å². The molecule has 8 nitrogen and oxygen atoms in total. The molecule has 0 aliphatic carbocycles. The average Bonchev–Trinajstić information content (AvgIpc) is 2.39. The van der Waals surface area contributed by atoms with Crippen molar-refractivity contribution in [1.82, 2.24) is 19.9 Å². The van der Waals surface area contributed by atoms with Gasteiger partial charge >= 0.3 is 5.69 Å². The van der Waals surface area contributed by atoms with Crippen LogP contribution in [0.25, 0.3) is 0 Å². The van der Waals surface area contributed by atoms with Crippen LogP contribution in [0.1, 0.15) is 0 Å². The summed E-state index contributed by atoms with van der Waals surface area (Å²) < 4.78 is 4.84. The van der Waals surface area contributed by atoms with Crippen LogP contribution in [-0.4, -0.2) is 32.0 Å². The second-order valence-corrected chi connectivity index (χ2v) is 3.88. The molecule has 2 rings (SSSR count). The van der Waals surface area contributed by atoms with Gasteiger partial charge in [-0.15, -0.1) is 0 Å². The van der Waals surface area contributed by atoms with Crippen LogP contribution in [0.15, 0.2) is 35.0 Å². The van der Waals surface area contributed by atoms with Crippen LogP contribution in [0.4, 0.5) is 5.69 Å².